The smallest absolute Gasteiger partial charge is 0.332 e. The van der Waals surface area contributed by atoms with Gasteiger partial charge in [0.15, 0.2) is 0 Å². The summed E-state index contributed by atoms with van der Waals surface area (Å²) in [5.41, 5.74) is 0.693. The Bertz CT molecular complexity index is 691. The summed E-state index contributed by atoms with van der Waals surface area (Å²) in [5.74, 6) is -0.766. The van der Waals surface area contributed by atoms with Crippen molar-refractivity contribution < 1.29 is 9.63 Å². The highest BCUT2D eigenvalue weighted by atomic mass is 16.7. The van der Waals surface area contributed by atoms with E-state index in [2.05, 4.69) is 32.7 Å². The van der Waals surface area contributed by atoms with Crippen LogP contribution in [0.3, 0.4) is 0 Å². The number of benzene rings is 1. The maximum atomic E-state index is 11.9. The van der Waals surface area contributed by atoms with Gasteiger partial charge in [0, 0.05) is 0 Å². The van der Waals surface area contributed by atoms with Crippen molar-refractivity contribution in [3.05, 3.63) is 40.9 Å². The Labute approximate surface area is 130 Å². The summed E-state index contributed by atoms with van der Waals surface area (Å²) in [6.07, 6.45) is 1.21. The number of carbonyl (C=O) groups excluding carboxylic acids is 1. The van der Waals surface area contributed by atoms with Crippen molar-refractivity contribution in [1.82, 2.24) is 9.71 Å². The highest BCUT2D eigenvalue weighted by Gasteiger charge is 2.12. The molecule has 2 rings (SSSR count). The van der Waals surface area contributed by atoms with E-state index in [9.17, 15) is 9.59 Å². The van der Waals surface area contributed by atoms with Crippen LogP contribution in [-0.4, -0.2) is 15.7 Å². The molecule has 22 heavy (non-hydrogen) atoms. The van der Waals surface area contributed by atoms with Crippen molar-refractivity contribution in [3.63, 3.8) is 0 Å². The number of nitrogens with zero attached hydrogens (tertiary/aromatic N) is 2. The van der Waals surface area contributed by atoms with Gasteiger partial charge in [-0.1, -0.05) is 53.7 Å². The minimum absolute atomic E-state index is 0.298. The predicted octanol–water partition coefficient (Wildman–Crippen LogP) is 3.06. The number of fused-ring (bicyclic) bond motifs is 1. The Kier molecular flexibility index (Phi) is 5.85. The van der Waals surface area contributed by atoms with Crippen LogP contribution in [0.1, 0.15) is 41.5 Å². The molecule has 0 unspecified atom stereocenters. The van der Waals surface area contributed by atoms with Crippen molar-refractivity contribution in [3.8, 4) is 0 Å². The first kappa shape index (κ1) is 17.9. The first-order chi connectivity index (χ1) is 10.1. The fraction of sp³-hybridized carbons (Fsp3) is 0.471. The molecule has 1 aromatic carbocycles. The largest absolute Gasteiger partial charge is 0.335 e. The summed E-state index contributed by atoms with van der Waals surface area (Å²) in [4.78, 5) is 32.3. The van der Waals surface area contributed by atoms with Crippen LogP contribution in [-0.2, 0) is 4.79 Å². The normalized spacial score (nSPS) is 11.0. The molecule has 0 aliphatic heterocycles. The fourth-order valence-electron chi connectivity index (χ4n) is 1.32. The number of aromatic nitrogens is 2. The third-order valence-corrected chi connectivity index (χ3v) is 2.30. The lowest BCUT2D eigenvalue weighted by atomic mass is 10.0. The van der Waals surface area contributed by atoms with Crippen molar-refractivity contribution in [2.24, 2.45) is 11.3 Å². The molecule has 5 nitrogen and oxygen atoms in total. The molecule has 2 aromatic rings. The van der Waals surface area contributed by atoms with E-state index in [1.807, 2.05) is 0 Å². The van der Waals surface area contributed by atoms with Gasteiger partial charge in [-0.2, -0.15) is 0 Å². The Morgan fingerprint density at radius 3 is 2.27 bits per heavy atom. The number of hydrogen-bond donors (Lipinski definition) is 0. The monoisotopic (exact) mass is 304 g/mol. The van der Waals surface area contributed by atoms with Gasteiger partial charge in [-0.25, -0.2) is 9.78 Å². The van der Waals surface area contributed by atoms with Crippen LogP contribution in [0.5, 0.6) is 0 Å². The molecule has 0 radical (unpaired) electrons. The van der Waals surface area contributed by atoms with Crippen LogP contribution in [0.4, 0.5) is 0 Å². The molecule has 0 fully saturated rings. The summed E-state index contributed by atoms with van der Waals surface area (Å²) < 4.78 is 0.866. The van der Waals surface area contributed by atoms with Crippen molar-refractivity contribution in [2.75, 3.05) is 0 Å². The minimum Gasteiger partial charge on any atom is -0.332 e. The summed E-state index contributed by atoms with van der Waals surface area (Å²) in [6.45, 7) is 12.1. The third-order valence-electron chi connectivity index (χ3n) is 2.30. The number of para-hydroxylation sites is 1. The van der Waals surface area contributed by atoms with E-state index in [1.165, 1.54) is 6.33 Å². The topological polar surface area (TPSA) is 61.2 Å². The van der Waals surface area contributed by atoms with Gasteiger partial charge in [-0.3, -0.25) is 4.79 Å². The van der Waals surface area contributed by atoms with Crippen LogP contribution < -0.4 is 10.4 Å². The summed E-state index contributed by atoms with van der Waals surface area (Å²) in [6, 6.07) is 6.90. The van der Waals surface area contributed by atoms with Gasteiger partial charge in [0.1, 0.15) is 6.33 Å². The molecule has 120 valence electrons. The summed E-state index contributed by atoms with van der Waals surface area (Å²) >= 11 is 0. The van der Waals surface area contributed by atoms with Crippen molar-refractivity contribution in [1.29, 1.82) is 0 Å². The second-order valence-electron chi connectivity index (χ2n) is 6.96. The van der Waals surface area contributed by atoms with Crippen LogP contribution in [0.2, 0.25) is 0 Å². The van der Waals surface area contributed by atoms with E-state index in [0.717, 1.165) is 4.73 Å². The second kappa shape index (κ2) is 7.20. The van der Waals surface area contributed by atoms with Gasteiger partial charge >= 0.3 is 5.97 Å². The Hall–Kier alpha value is -2.17. The number of hydrogen-bond acceptors (Lipinski definition) is 4. The van der Waals surface area contributed by atoms with E-state index < -0.39 is 5.97 Å². The zero-order valence-electron chi connectivity index (χ0n) is 14.1. The van der Waals surface area contributed by atoms with Crippen LogP contribution >= 0.6 is 0 Å². The van der Waals surface area contributed by atoms with E-state index in [-0.39, 0.29) is 11.5 Å². The van der Waals surface area contributed by atoms with E-state index in [4.69, 9.17) is 4.84 Å². The number of carbonyl (C=O) groups is 1. The average molecular weight is 304 g/mol. The quantitative estimate of drug-likeness (QED) is 0.855. The lowest BCUT2D eigenvalue weighted by Crippen LogP contribution is -2.33. The molecule has 0 atom stereocenters. The molecule has 0 aliphatic carbocycles. The molecule has 0 amide bonds. The maximum Gasteiger partial charge on any atom is 0.335 e. The van der Waals surface area contributed by atoms with Gasteiger partial charge in [0.25, 0.3) is 5.56 Å². The van der Waals surface area contributed by atoms with Gasteiger partial charge < -0.3 is 4.84 Å². The Morgan fingerprint density at radius 1 is 1.18 bits per heavy atom. The van der Waals surface area contributed by atoms with Crippen LogP contribution in [0.15, 0.2) is 35.4 Å². The SMILES string of the molecule is CC(C)(C)C.CC(C)C(=O)On1cnc2ccccc2c1=O. The molecule has 1 aromatic heterocycles. The highest BCUT2D eigenvalue weighted by molar-refractivity contribution is 5.77. The molecule has 5 heteroatoms. The molecule has 0 N–H and O–H groups in total. The van der Waals surface area contributed by atoms with Crippen LogP contribution in [0.25, 0.3) is 10.9 Å². The Balaban J connectivity index is 0.000000422. The van der Waals surface area contributed by atoms with E-state index in [1.54, 1.807) is 38.1 Å². The molecule has 1 heterocycles. The first-order valence-electron chi connectivity index (χ1n) is 7.28. The highest BCUT2D eigenvalue weighted by Crippen LogP contribution is 2.08. The molecular weight excluding hydrogens is 280 g/mol. The van der Waals surface area contributed by atoms with Crippen molar-refractivity contribution >= 4 is 16.9 Å². The van der Waals surface area contributed by atoms with Gasteiger partial charge in [0.05, 0.1) is 16.8 Å². The Morgan fingerprint density at radius 2 is 1.73 bits per heavy atom. The minimum atomic E-state index is -0.468. The average Bonchev–Trinajstić information content (AvgIpc) is 2.40. The first-order valence-corrected chi connectivity index (χ1v) is 7.28. The van der Waals surface area contributed by atoms with E-state index >= 15 is 0 Å². The predicted molar refractivity (Wildman–Crippen MR) is 87.6 cm³/mol. The molecule has 0 bridgehead atoms. The summed E-state index contributed by atoms with van der Waals surface area (Å²) in [7, 11) is 0. The number of rotatable bonds is 2. The van der Waals surface area contributed by atoms with Crippen LogP contribution in [0, 0.1) is 11.3 Å². The standard InChI is InChI=1S/C12H12N2O3.C5H12/c1-8(2)12(16)17-14-7-13-10-6-4-3-5-9(10)11(14)15;1-5(2,3)4/h3-8H,1-2H3;1-4H3. The summed E-state index contributed by atoms with van der Waals surface area (Å²) in [5, 5.41) is 0.423. The van der Waals surface area contributed by atoms with E-state index in [0.29, 0.717) is 16.3 Å². The van der Waals surface area contributed by atoms with Crippen molar-refractivity contribution in [2.45, 2.75) is 41.5 Å². The molecule has 0 saturated heterocycles. The van der Waals surface area contributed by atoms with Gasteiger partial charge in [-0.15, -0.1) is 4.73 Å². The zero-order valence-corrected chi connectivity index (χ0v) is 14.1. The fourth-order valence-corrected chi connectivity index (χ4v) is 1.32. The second-order valence-corrected chi connectivity index (χ2v) is 6.96. The molecule has 0 aliphatic rings. The molecular formula is C17H24N2O3. The van der Waals surface area contributed by atoms with Gasteiger partial charge in [-0.05, 0) is 17.5 Å². The third kappa shape index (κ3) is 5.68. The lowest BCUT2D eigenvalue weighted by molar-refractivity contribution is -0.148. The molecule has 0 spiro atoms. The lowest BCUT2D eigenvalue weighted by Gasteiger charge is -2.08. The zero-order chi connectivity index (χ0) is 16.9. The van der Waals surface area contributed by atoms with Gasteiger partial charge in [0.2, 0.25) is 0 Å². The maximum absolute atomic E-state index is 11.9. The molecule has 0 saturated carbocycles.